The van der Waals surface area contributed by atoms with Crippen LogP contribution in [-0.2, 0) is 9.59 Å². The highest BCUT2D eigenvalue weighted by Gasteiger charge is 2.23. The summed E-state index contributed by atoms with van der Waals surface area (Å²) in [6.45, 7) is 0.743. The maximum absolute atomic E-state index is 11.8. The molecule has 2 N–H and O–H groups in total. The zero-order chi connectivity index (χ0) is 12.8. The van der Waals surface area contributed by atoms with Gasteiger partial charge in [0.15, 0.2) is 0 Å². The first-order chi connectivity index (χ1) is 8.75. The standard InChI is InChI=1S/C14H24N2O2/c17-13(9-8-11-5-1-2-6-11)16-12-7-3-4-10-15-14(12)18/h11-12H,1-10H2,(H,15,18)(H,16,17)/t12-/m1/s1. The predicted octanol–water partition coefficient (Wildman–Crippen LogP) is 1.74. The van der Waals surface area contributed by atoms with Crippen LogP contribution in [0.15, 0.2) is 0 Å². The summed E-state index contributed by atoms with van der Waals surface area (Å²) in [4.78, 5) is 23.5. The lowest BCUT2D eigenvalue weighted by molar-refractivity contribution is -0.129. The maximum atomic E-state index is 11.8. The third-order valence-corrected chi connectivity index (χ3v) is 4.12. The number of amides is 2. The molecule has 0 bridgehead atoms. The van der Waals surface area contributed by atoms with Crippen molar-refractivity contribution in [1.29, 1.82) is 0 Å². The predicted molar refractivity (Wildman–Crippen MR) is 70.0 cm³/mol. The van der Waals surface area contributed by atoms with Crippen LogP contribution in [0.4, 0.5) is 0 Å². The van der Waals surface area contributed by atoms with Crippen molar-refractivity contribution in [3.63, 3.8) is 0 Å². The van der Waals surface area contributed by atoms with Crippen molar-refractivity contribution in [2.24, 2.45) is 5.92 Å². The molecule has 1 heterocycles. The second kappa shape index (κ2) is 6.76. The fraction of sp³-hybridized carbons (Fsp3) is 0.857. The minimum Gasteiger partial charge on any atom is -0.354 e. The molecule has 0 aromatic carbocycles. The monoisotopic (exact) mass is 252 g/mol. The highest BCUT2D eigenvalue weighted by molar-refractivity contribution is 5.87. The van der Waals surface area contributed by atoms with Gasteiger partial charge in [0, 0.05) is 13.0 Å². The van der Waals surface area contributed by atoms with Gasteiger partial charge in [-0.2, -0.15) is 0 Å². The van der Waals surface area contributed by atoms with E-state index in [2.05, 4.69) is 10.6 Å². The van der Waals surface area contributed by atoms with Crippen molar-refractivity contribution in [2.75, 3.05) is 6.54 Å². The lowest BCUT2D eigenvalue weighted by Gasteiger charge is -2.16. The Morgan fingerprint density at radius 1 is 1.17 bits per heavy atom. The highest BCUT2D eigenvalue weighted by Crippen LogP contribution is 2.28. The molecule has 4 heteroatoms. The molecule has 1 atom stereocenters. The third-order valence-electron chi connectivity index (χ3n) is 4.12. The van der Waals surface area contributed by atoms with Crippen LogP contribution >= 0.6 is 0 Å². The van der Waals surface area contributed by atoms with Crippen molar-refractivity contribution < 1.29 is 9.59 Å². The molecule has 1 aliphatic heterocycles. The Kier molecular flexibility index (Phi) is 5.02. The lowest BCUT2D eigenvalue weighted by atomic mass is 10.0. The summed E-state index contributed by atoms with van der Waals surface area (Å²) in [5.41, 5.74) is 0. The summed E-state index contributed by atoms with van der Waals surface area (Å²) < 4.78 is 0. The van der Waals surface area contributed by atoms with Crippen LogP contribution in [0.5, 0.6) is 0 Å². The van der Waals surface area contributed by atoms with Gasteiger partial charge in [0.2, 0.25) is 11.8 Å². The molecular formula is C14H24N2O2. The van der Waals surface area contributed by atoms with E-state index in [1.54, 1.807) is 0 Å². The minimum atomic E-state index is -0.302. The Balaban J connectivity index is 1.70. The average Bonchev–Trinajstić information content (AvgIpc) is 2.80. The first-order valence-corrected chi connectivity index (χ1v) is 7.33. The molecule has 0 radical (unpaired) electrons. The lowest BCUT2D eigenvalue weighted by Crippen LogP contribution is -2.45. The molecule has 4 nitrogen and oxygen atoms in total. The second-order valence-corrected chi connectivity index (χ2v) is 5.60. The summed E-state index contributed by atoms with van der Waals surface area (Å²) in [7, 11) is 0. The Labute approximate surface area is 109 Å². The molecule has 0 aromatic heterocycles. The quantitative estimate of drug-likeness (QED) is 0.800. The molecule has 1 saturated heterocycles. The molecule has 0 spiro atoms. The van der Waals surface area contributed by atoms with E-state index in [0.717, 1.165) is 38.1 Å². The van der Waals surface area contributed by atoms with Gasteiger partial charge in [-0.25, -0.2) is 0 Å². The molecular weight excluding hydrogens is 228 g/mol. The molecule has 1 saturated carbocycles. The average molecular weight is 252 g/mol. The maximum Gasteiger partial charge on any atom is 0.242 e. The molecule has 2 fully saturated rings. The van der Waals surface area contributed by atoms with Gasteiger partial charge >= 0.3 is 0 Å². The summed E-state index contributed by atoms with van der Waals surface area (Å²) in [6, 6.07) is -0.302. The van der Waals surface area contributed by atoms with Gasteiger partial charge in [-0.3, -0.25) is 9.59 Å². The van der Waals surface area contributed by atoms with E-state index in [4.69, 9.17) is 0 Å². The van der Waals surface area contributed by atoms with E-state index >= 15 is 0 Å². The third kappa shape index (κ3) is 4.00. The first-order valence-electron chi connectivity index (χ1n) is 7.33. The van der Waals surface area contributed by atoms with Crippen LogP contribution in [0.2, 0.25) is 0 Å². The largest absolute Gasteiger partial charge is 0.354 e. The zero-order valence-electron chi connectivity index (χ0n) is 11.0. The summed E-state index contributed by atoms with van der Waals surface area (Å²) in [6.07, 6.45) is 9.55. The van der Waals surface area contributed by atoms with Gasteiger partial charge in [0.25, 0.3) is 0 Å². The Morgan fingerprint density at radius 3 is 2.67 bits per heavy atom. The molecule has 0 unspecified atom stereocenters. The first kappa shape index (κ1) is 13.4. The van der Waals surface area contributed by atoms with E-state index in [1.807, 2.05) is 0 Å². The molecule has 2 amide bonds. The van der Waals surface area contributed by atoms with Gasteiger partial charge in [-0.15, -0.1) is 0 Å². The number of nitrogens with one attached hydrogen (secondary N) is 2. The van der Waals surface area contributed by atoms with Gasteiger partial charge in [-0.05, 0) is 31.6 Å². The van der Waals surface area contributed by atoms with E-state index in [0.29, 0.717) is 6.42 Å². The summed E-state index contributed by atoms with van der Waals surface area (Å²) in [5.74, 6) is 0.768. The van der Waals surface area contributed by atoms with E-state index in [9.17, 15) is 9.59 Å². The van der Waals surface area contributed by atoms with Crippen molar-refractivity contribution in [3.05, 3.63) is 0 Å². The number of hydrogen-bond acceptors (Lipinski definition) is 2. The van der Waals surface area contributed by atoms with Crippen LogP contribution in [-0.4, -0.2) is 24.4 Å². The number of carbonyl (C=O) groups is 2. The van der Waals surface area contributed by atoms with E-state index in [1.165, 1.54) is 25.7 Å². The summed E-state index contributed by atoms with van der Waals surface area (Å²) >= 11 is 0. The Hall–Kier alpha value is -1.06. The van der Waals surface area contributed by atoms with Gasteiger partial charge in [0.1, 0.15) is 6.04 Å². The smallest absolute Gasteiger partial charge is 0.242 e. The minimum absolute atomic E-state index is 0.0123. The molecule has 0 aromatic rings. The Bertz CT molecular complexity index is 298. The second-order valence-electron chi connectivity index (χ2n) is 5.60. The van der Waals surface area contributed by atoms with Crippen LogP contribution < -0.4 is 10.6 Å². The van der Waals surface area contributed by atoms with Crippen LogP contribution in [0.25, 0.3) is 0 Å². The van der Waals surface area contributed by atoms with Crippen molar-refractivity contribution in [3.8, 4) is 0 Å². The number of rotatable bonds is 4. The van der Waals surface area contributed by atoms with E-state index < -0.39 is 0 Å². The van der Waals surface area contributed by atoms with E-state index in [-0.39, 0.29) is 17.9 Å². The van der Waals surface area contributed by atoms with Crippen LogP contribution in [0.3, 0.4) is 0 Å². The van der Waals surface area contributed by atoms with Gasteiger partial charge in [-0.1, -0.05) is 25.7 Å². The van der Waals surface area contributed by atoms with Gasteiger partial charge in [0.05, 0.1) is 0 Å². The summed E-state index contributed by atoms with van der Waals surface area (Å²) in [5, 5.41) is 5.73. The number of hydrogen-bond donors (Lipinski definition) is 2. The molecule has 2 aliphatic rings. The highest BCUT2D eigenvalue weighted by atomic mass is 16.2. The number of carbonyl (C=O) groups excluding carboxylic acids is 2. The topological polar surface area (TPSA) is 58.2 Å². The van der Waals surface area contributed by atoms with Gasteiger partial charge < -0.3 is 10.6 Å². The fourth-order valence-electron chi connectivity index (χ4n) is 2.98. The fourth-order valence-corrected chi connectivity index (χ4v) is 2.98. The SMILES string of the molecule is O=C(CCC1CCCC1)N[C@@H]1CCCCNC1=O. The Morgan fingerprint density at radius 2 is 1.89 bits per heavy atom. The molecule has 18 heavy (non-hydrogen) atoms. The normalized spacial score (nSPS) is 25.6. The molecule has 102 valence electrons. The zero-order valence-corrected chi connectivity index (χ0v) is 11.0. The molecule has 1 aliphatic carbocycles. The van der Waals surface area contributed by atoms with Crippen molar-refractivity contribution >= 4 is 11.8 Å². The van der Waals surface area contributed by atoms with Crippen molar-refractivity contribution in [1.82, 2.24) is 10.6 Å². The van der Waals surface area contributed by atoms with Crippen LogP contribution in [0, 0.1) is 5.92 Å². The molecule has 2 rings (SSSR count). The van der Waals surface area contributed by atoms with Crippen molar-refractivity contribution in [2.45, 2.75) is 63.8 Å². The van der Waals surface area contributed by atoms with Crippen LogP contribution in [0.1, 0.15) is 57.8 Å².